The molecule has 0 amide bonds. The fourth-order valence-electron chi connectivity index (χ4n) is 1.49. The Morgan fingerprint density at radius 1 is 1.47 bits per heavy atom. The van der Waals surface area contributed by atoms with Crippen LogP contribution >= 0.6 is 11.3 Å². The van der Waals surface area contributed by atoms with Gasteiger partial charge in [-0.3, -0.25) is 0 Å². The first-order valence-electron chi connectivity index (χ1n) is 6.10. The number of rotatable bonds is 6. The Hall–Kier alpha value is -0.870. The quantitative estimate of drug-likeness (QED) is 0.813. The number of aliphatic hydroxyl groups excluding tert-OH is 1. The summed E-state index contributed by atoms with van der Waals surface area (Å²) in [5.74, 6) is 5.58. The van der Waals surface area contributed by atoms with Crippen molar-refractivity contribution >= 4 is 21.4 Å². The smallest absolute Gasteiger partial charge is 0.214 e. The zero-order valence-corrected chi connectivity index (χ0v) is 12.9. The second kappa shape index (κ2) is 7.65. The lowest BCUT2D eigenvalue weighted by molar-refractivity contribution is 0.350. The molecule has 1 heterocycles. The van der Waals surface area contributed by atoms with E-state index in [1.807, 2.05) is 18.4 Å². The molecule has 0 atom stereocenters. The SMILES string of the molecule is CCCCS(=O)(=O)N(C)Cc1csc(C#CCO)c1. The molecule has 4 nitrogen and oxygen atoms in total. The normalized spacial score (nSPS) is 11.4. The molecule has 1 N–H and O–H groups in total. The number of hydrogen-bond donors (Lipinski definition) is 1. The molecule has 6 heteroatoms. The Balaban J connectivity index is 2.66. The summed E-state index contributed by atoms with van der Waals surface area (Å²) in [6.07, 6.45) is 1.55. The highest BCUT2D eigenvalue weighted by atomic mass is 32.2. The lowest BCUT2D eigenvalue weighted by Crippen LogP contribution is -2.28. The second-order valence-corrected chi connectivity index (χ2v) is 7.31. The van der Waals surface area contributed by atoms with E-state index >= 15 is 0 Å². The zero-order chi connectivity index (χ0) is 14.3. The molecule has 0 saturated heterocycles. The average molecular weight is 301 g/mol. The highest BCUT2D eigenvalue weighted by molar-refractivity contribution is 7.89. The summed E-state index contributed by atoms with van der Waals surface area (Å²) in [4.78, 5) is 0.836. The maximum atomic E-state index is 11.9. The first-order chi connectivity index (χ1) is 8.99. The monoisotopic (exact) mass is 301 g/mol. The summed E-state index contributed by atoms with van der Waals surface area (Å²) >= 11 is 1.45. The van der Waals surface area contributed by atoms with Gasteiger partial charge in [-0.25, -0.2) is 12.7 Å². The number of sulfonamides is 1. The van der Waals surface area contributed by atoms with Gasteiger partial charge in [-0.2, -0.15) is 0 Å². The first kappa shape index (κ1) is 16.2. The third kappa shape index (κ3) is 5.33. The van der Waals surface area contributed by atoms with E-state index in [9.17, 15) is 8.42 Å². The topological polar surface area (TPSA) is 57.6 Å². The minimum atomic E-state index is -3.17. The van der Waals surface area contributed by atoms with Crippen molar-refractivity contribution in [1.82, 2.24) is 4.31 Å². The number of nitrogens with zero attached hydrogens (tertiary/aromatic N) is 1. The van der Waals surface area contributed by atoms with Gasteiger partial charge in [0.1, 0.15) is 6.61 Å². The molecule has 19 heavy (non-hydrogen) atoms. The van der Waals surface area contributed by atoms with Crippen molar-refractivity contribution in [2.75, 3.05) is 19.4 Å². The fourth-order valence-corrected chi connectivity index (χ4v) is 3.57. The highest BCUT2D eigenvalue weighted by Gasteiger charge is 2.17. The molecule has 106 valence electrons. The summed E-state index contributed by atoms with van der Waals surface area (Å²) in [5, 5.41) is 10.5. The average Bonchev–Trinajstić information content (AvgIpc) is 2.81. The van der Waals surface area contributed by atoms with Gasteiger partial charge in [0, 0.05) is 13.6 Å². The second-order valence-electron chi connectivity index (χ2n) is 4.20. The molecule has 1 rings (SSSR count). The Morgan fingerprint density at radius 3 is 2.84 bits per heavy atom. The van der Waals surface area contributed by atoms with E-state index in [0.717, 1.165) is 16.9 Å². The fraction of sp³-hybridized carbons (Fsp3) is 0.538. The molecule has 0 saturated carbocycles. The molecule has 0 spiro atoms. The van der Waals surface area contributed by atoms with Crippen molar-refractivity contribution in [2.24, 2.45) is 0 Å². The minimum absolute atomic E-state index is 0.168. The van der Waals surface area contributed by atoms with Crippen LogP contribution in [0.3, 0.4) is 0 Å². The first-order valence-corrected chi connectivity index (χ1v) is 8.59. The van der Waals surface area contributed by atoms with Crippen molar-refractivity contribution in [3.05, 3.63) is 21.9 Å². The third-order valence-corrected chi connectivity index (χ3v) is 5.36. The van der Waals surface area contributed by atoms with Crippen LogP contribution in [0.5, 0.6) is 0 Å². The molecule has 0 fully saturated rings. The van der Waals surface area contributed by atoms with Crippen molar-refractivity contribution in [3.8, 4) is 11.8 Å². The predicted molar refractivity (Wildman–Crippen MR) is 78.4 cm³/mol. The van der Waals surface area contributed by atoms with Crippen LogP contribution < -0.4 is 0 Å². The molecule has 0 aliphatic rings. The molecule has 0 aliphatic carbocycles. The summed E-state index contributed by atoms with van der Waals surface area (Å²) in [6, 6.07) is 1.86. The van der Waals surface area contributed by atoms with Gasteiger partial charge < -0.3 is 5.11 Å². The van der Waals surface area contributed by atoms with Crippen LogP contribution in [0.2, 0.25) is 0 Å². The largest absolute Gasteiger partial charge is 0.384 e. The van der Waals surface area contributed by atoms with Gasteiger partial charge in [0.15, 0.2) is 0 Å². The van der Waals surface area contributed by atoms with Gasteiger partial charge >= 0.3 is 0 Å². The third-order valence-electron chi connectivity index (χ3n) is 2.58. The van der Waals surface area contributed by atoms with Crippen LogP contribution in [0, 0.1) is 11.8 Å². The van der Waals surface area contributed by atoms with Crippen molar-refractivity contribution in [1.29, 1.82) is 0 Å². The van der Waals surface area contributed by atoms with E-state index in [1.54, 1.807) is 7.05 Å². The van der Waals surface area contributed by atoms with Gasteiger partial charge in [0.25, 0.3) is 0 Å². The Bertz CT molecular complexity index is 552. The molecule has 0 radical (unpaired) electrons. The summed E-state index contributed by atoms with van der Waals surface area (Å²) < 4.78 is 25.3. The van der Waals surface area contributed by atoms with E-state index in [4.69, 9.17) is 5.11 Å². The molecule has 1 aromatic heterocycles. The Morgan fingerprint density at radius 2 is 2.21 bits per heavy atom. The van der Waals surface area contributed by atoms with E-state index < -0.39 is 10.0 Å². The molecular formula is C13H19NO3S2. The molecule has 0 bridgehead atoms. The van der Waals surface area contributed by atoms with Crippen LogP contribution in [0.15, 0.2) is 11.4 Å². The van der Waals surface area contributed by atoms with Crippen LogP contribution in [0.1, 0.15) is 30.2 Å². The zero-order valence-electron chi connectivity index (χ0n) is 11.2. The highest BCUT2D eigenvalue weighted by Crippen LogP contribution is 2.16. The molecule has 1 aromatic rings. The van der Waals surface area contributed by atoms with Gasteiger partial charge in [0.05, 0.1) is 10.6 Å². The minimum Gasteiger partial charge on any atom is -0.384 e. The standard InChI is InChI=1S/C13H19NO3S2/c1-3-4-8-19(16,17)14(2)10-12-9-13(18-11-12)6-5-7-15/h9,11,15H,3-4,7-8,10H2,1-2H3. The van der Waals surface area contributed by atoms with Crippen molar-refractivity contribution in [2.45, 2.75) is 26.3 Å². The number of aliphatic hydroxyl groups is 1. The van der Waals surface area contributed by atoms with Crippen molar-refractivity contribution in [3.63, 3.8) is 0 Å². The Kier molecular flexibility index (Phi) is 6.52. The van der Waals surface area contributed by atoms with E-state index in [2.05, 4.69) is 11.8 Å². The summed E-state index contributed by atoms with van der Waals surface area (Å²) in [5.41, 5.74) is 0.926. The predicted octanol–water partition coefficient (Wildman–Crippen LogP) is 1.65. The van der Waals surface area contributed by atoms with Crippen LogP contribution in [0.25, 0.3) is 0 Å². The number of unbranched alkanes of at least 4 members (excludes halogenated alkanes) is 1. The van der Waals surface area contributed by atoms with E-state index in [0.29, 0.717) is 13.0 Å². The molecule has 0 aliphatic heterocycles. The number of thiophene rings is 1. The van der Waals surface area contributed by atoms with E-state index in [-0.39, 0.29) is 12.4 Å². The molecular weight excluding hydrogens is 282 g/mol. The lowest BCUT2D eigenvalue weighted by Gasteiger charge is -2.16. The van der Waals surface area contributed by atoms with Crippen LogP contribution in [-0.2, 0) is 16.6 Å². The molecule has 0 unspecified atom stereocenters. The van der Waals surface area contributed by atoms with Gasteiger partial charge in [0.2, 0.25) is 10.0 Å². The van der Waals surface area contributed by atoms with E-state index in [1.165, 1.54) is 15.6 Å². The maximum Gasteiger partial charge on any atom is 0.214 e. The van der Waals surface area contributed by atoms with Crippen molar-refractivity contribution < 1.29 is 13.5 Å². The van der Waals surface area contributed by atoms with Gasteiger partial charge in [-0.1, -0.05) is 25.2 Å². The number of hydrogen-bond acceptors (Lipinski definition) is 4. The molecule has 0 aromatic carbocycles. The van der Waals surface area contributed by atoms with Crippen LogP contribution in [0.4, 0.5) is 0 Å². The van der Waals surface area contributed by atoms with Crippen LogP contribution in [-0.4, -0.2) is 37.2 Å². The van der Waals surface area contributed by atoms with Gasteiger partial charge in [-0.15, -0.1) is 11.3 Å². The van der Waals surface area contributed by atoms with Gasteiger partial charge in [-0.05, 0) is 23.4 Å². The summed E-state index contributed by atoms with van der Waals surface area (Å²) in [7, 11) is -1.57. The Labute approximate surface area is 119 Å². The maximum absolute atomic E-state index is 11.9. The lowest BCUT2D eigenvalue weighted by atomic mass is 10.3. The summed E-state index contributed by atoms with van der Waals surface area (Å²) in [6.45, 7) is 2.17.